The third-order valence-electron chi connectivity index (χ3n) is 2.87. The average molecular weight is 251 g/mol. The van der Waals surface area contributed by atoms with Gasteiger partial charge in [0.1, 0.15) is 0 Å². The first-order valence-corrected chi connectivity index (χ1v) is 6.17. The molecule has 5 nitrogen and oxygen atoms in total. The van der Waals surface area contributed by atoms with Crippen LogP contribution < -0.4 is 5.32 Å². The number of nitrogens with zero attached hydrogens (tertiary/aromatic N) is 4. The molecule has 0 saturated heterocycles. The van der Waals surface area contributed by atoms with Gasteiger partial charge in [-0.05, 0) is 19.9 Å². The molecule has 0 amide bonds. The van der Waals surface area contributed by atoms with E-state index in [1.165, 1.54) is 4.68 Å². The molecule has 0 aliphatic rings. The highest BCUT2D eigenvalue weighted by molar-refractivity contribution is 5.07. The third-order valence-corrected chi connectivity index (χ3v) is 2.87. The largest absolute Gasteiger partial charge is 0.307 e. The Kier molecular flexibility index (Phi) is 4.09. The number of nitrogens with one attached hydrogen (secondary N) is 1. The van der Waals surface area contributed by atoms with Crippen molar-refractivity contribution in [1.82, 2.24) is 24.9 Å². The van der Waals surface area contributed by atoms with E-state index in [0.717, 1.165) is 12.2 Å². The Hall–Kier alpha value is -1.69. The van der Waals surface area contributed by atoms with E-state index in [4.69, 9.17) is 0 Å². The summed E-state index contributed by atoms with van der Waals surface area (Å²) in [7, 11) is 0. The number of halogens is 1. The van der Waals surface area contributed by atoms with Crippen LogP contribution in [-0.2, 0) is 26.2 Å². The van der Waals surface area contributed by atoms with Crippen LogP contribution in [0.15, 0.2) is 18.5 Å². The first kappa shape index (κ1) is 12.8. The quantitative estimate of drug-likeness (QED) is 0.847. The SMILES string of the molecule is CCn1nccc1CNCc1cnn(CC)c1F. The van der Waals surface area contributed by atoms with Gasteiger partial charge in [0, 0.05) is 37.9 Å². The predicted octanol–water partition coefficient (Wildman–Crippen LogP) is 1.55. The molecule has 6 heteroatoms. The van der Waals surface area contributed by atoms with Crippen LogP contribution in [0, 0.1) is 5.95 Å². The first-order valence-electron chi connectivity index (χ1n) is 6.17. The molecule has 0 unspecified atom stereocenters. The van der Waals surface area contributed by atoms with E-state index < -0.39 is 0 Å². The van der Waals surface area contributed by atoms with Crippen molar-refractivity contribution in [2.24, 2.45) is 0 Å². The minimum Gasteiger partial charge on any atom is -0.307 e. The van der Waals surface area contributed by atoms with Crippen LogP contribution in [-0.4, -0.2) is 19.6 Å². The Bertz CT molecular complexity index is 502. The van der Waals surface area contributed by atoms with Crippen molar-refractivity contribution in [3.63, 3.8) is 0 Å². The summed E-state index contributed by atoms with van der Waals surface area (Å²) in [6.07, 6.45) is 3.35. The molecule has 0 aromatic carbocycles. The van der Waals surface area contributed by atoms with Gasteiger partial charge in [-0.2, -0.15) is 14.6 Å². The summed E-state index contributed by atoms with van der Waals surface area (Å²) in [5.74, 6) is -0.256. The summed E-state index contributed by atoms with van der Waals surface area (Å²) >= 11 is 0. The summed E-state index contributed by atoms with van der Waals surface area (Å²) in [6, 6.07) is 1.96. The highest BCUT2D eigenvalue weighted by Gasteiger charge is 2.08. The molecule has 0 aliphatic carbocycles. The zero-order chi connectivity index (χ0) is 13.0. The Morgan fingerprint density at radius 1 is 1.17 bits per heavy atom. The van der Waals surface area contributed by atoms with E-state index in [1.807, 2.05) is 24.6 Å². The third kappa shape index (κ3) is 2.59. The first-order chi connectivity index (χ1) is 8.76. The number of hydrogen-bond acceptors (Lipinski definition) is 3. The normalized spacial score (nSPS) is 11.1. The van der Waals surface area contributed by atoms with Gasteiger partial charge >= 0.3 is 0 Å². The van der Waals surface area contributed by atoms with Crippen molar-refractivity contribution < 1.29 is 4.39 Å². The summed E-state index contributed by atoms with van der Waals surface area (Å²) in [6.45, 7) is 6.44. The zero-order valence-corrected chi connectivity index (χ0v) is 10.7. The average Bonchev–Trinajstić information content (AvgIpc) is 2.97. The van der Waals surface area contributed by atoms with Gasteiger partial charge in [0.25, 0.3) is 0 Å². The Morgan fingerprint density at radius 3 is 2.61 bits per heavy atom. The second-order valence-corrected chi connectivity index (χ2v) is 4.02. The summed E-state index contributed by atoms with van der Waals surface area (Å²) in [5.41, 5.74) is 1.69. The van der Waals surface area contributed by atoms with E-state index >= 15 is 0 Å². The predicted molar refractivity (Wildman–Crippen MR) is 66.3 cm³/mol. The maximum absolute atomic E-state index is 13.7. The van der Waals surface area contributed by atoms with E-state index in [0.29, 0.717) is 25.2 Å². The molecule has 0 spiro atoms. The molecule has 0 bridgehead atoms. The van der Waals surface area contributed by atoms with Gasteiger partial charge in [0.15, 0.2) is 0 Å². The van der Waals surface area contributed by atoms with Gasteiger partial charge in [-0.3, -0.25) is 4.68 Å². The van der Waals surface area contributed by atoms with E-state index in [9.17, 15) is 4.39 Å². The van der Waals surface area contributed by atoms with Crippen molar-refractivity contribution in [1.29, 1.82) is 0 Å². The zero-order valence-electron chi connectivity index (χ0n) is 10.7. The van der Waals surface area contributed by atoms with Crippen LogP contribution in [0.1, 0.15) is 25.1 Å². The van der Waals surface area contributed by atoms with Gasteiger partial charge in [-0.25, -0.2) is 4.68 Å². The van der Waals surface area contributed by atoms with Crippen molar-refractivity contribution in [3.05, 3.63) is 35.7 Å². The highest BCUT2D eigenvalue weighted by atomic mass is 19.1. The van der Waals surface area contributed by atoms with Crippen LogP contribution in [0.25, 0.3) is 0 Å². The minimum atomic E-state index is -0.256. The lowest BCUT2D eigenvalue weighted by atomic mass is 10.3. The van der Waals surface area contributed by atoms with Gasteiger partial charge in [-0.1, -0.05) is 0 Å². The molecule has 0 fully saturated rings. The Labute approximate surface area is 106 Å². The van der Waals surface area contributed by atoms with Crippen LogP contribution in [0.5, 0.6) is 0 Å². The molecule has 18 heavy (non-hydrogen) atoms. The van der Waals surface area contributed by atoms with Gasteiger partial charge in [-0.15, -0.1) is 0 Å². The molecule has 2 aromatic rings. The molecule has 2 heterocycles. The van der Waals surface area contributed by atoms with E-state index in [-0.39, 0.29) is 5.95 Å². The lowest BCUT2D eigenvalue weighted by Gasteiger charge is -2.06. The molecule has 0 atom stereocenters. The van der Waals surface area contributed by atoms with Crippen molar-refractivity contribution in [3.8, 4) is 0 Å². The fraction of sp³-hybridized carbons (Fsp3) is 0.500. The topological polar surface area (TPSA) is 47.7 Å². The molecule has 0 saturated carbocycles. The standard InChI is InChI=1S/C12H18FN5/c1-3-17-11(5-6-15-17)9-14-7-10-8-16-18(4-2)12(10)13/h5-6,8,14H,3-4,7,9H2,1-2H3. The van der Waals surface area contributed by atoms with Crippen LogP contribution in [0.3, 0.4) is 0 Å². The Balaban J connectivity index is 1.90. The fourth-order valence-electron chi connectivity index (χ4n) is 1.87. The summed E-state index contributed by atoms with van der Waals surface area (Å²) in [5, 5.41) is 11.4. The monoisotopic (exact) mass is 251 g/mol. The molecule has 2 aromatic heterocycles. The molecular formula is C12H18FN5. The molecule has 0 aliphatic heterocycles. The van der Waals surface area contributed by atoms with Crippen molar-refractivity contribution in [2.75, 3.05) is 0 Å². The highest BCUT2D eigenvalue weighted by Crippen LogP contribution is 2.06. The van der Waals surface area contributed by atoms with Crippen LogP contribution >= 0.6 is 0 Å². The number of rotatable bonds is 6. The second kappa shape index (κ2) is 5.77. The summed E-state index contributed by atoms with van der Waals surface area (Å²) in [4.78, 5) is 0. The van der Waals surface area contributed by atoms with Crippen LogP contribution in [0.2, 0.25) is 0 Å². The smallest absolute Gasteiger partial charge is 0.215 e. The van der Waals surface area contributed by atoms with Gasteiger partial charge < -0.3 is 5.32 Å². The minimum absolute atomic E-state index is 0.256. The Morgan fingerprint density at radius 2 is 1.94 bits per heavy atom. The summed E-state index contributed by atoms with van der Waals surface area (Å²) < 4.78 is 17.0. The molecule has 0 radical (unpaired) electrons. The van der Waals surface area contributed by atoms with Crippen molar-refractivity contribution in [2.45, 2.75) is 40.0 Å². The van der Waals surface area contributed by atoms with Gasteiger partial charge in [0.2, 0.25) is 5.95 Å². The van der Waals surface area contributed by atoms with E-state index in [2.05, 4.69) is 15.5 Å². The van der Waals surface area contributed by atoms with Crippen molar-refractivity contribution >= 4 is 0 Å². The number of aromatic nitrogens is 4. The molecular weight excluding hydrogens is 233 g/mol. The van der Waals surface area contributed by atoms with Gasteiger partial charge in [0.05, 0.1) is 11.9 Å². The van der Waals surface area contributed by atoms with E-state index in [1.54, 1.807) is 12.4 Å². The fourth-order valence-corrected chi connectivity index (χ4v) is 1.87. The molecule has 2 rings (SSSR count). The number of hydrogen-bond donors (Lipinski definition) is 1. The lowest BCUT2D eigenvalue weighted by Crippen LogP contribution is -2.16. The molecule has 1 N–H and O–H groups in total. The maximum atomic E-state index is 13.7. The maximum Gasteiger partial charge on any atom is 0.215 e. The molecule has 98 valence electrons. The lowest BCUT2D eigenvalue weighted by molar-refractivity contribution is 0.459. The second-order valence-electron chi connectivity index (χ2n) is 4.02. The number of aryl methyl sites for hydroxylation is 2. The van der Waals surface area contributed by atoms with Crippen LogP contribution in [0.4, 0.5) is 4.39 Å².